The molecule has 0 saturated carbocycles. The molecular weight excluding hydrogens is 274 g/mol. The average Bonchev–Trinajstić information content (AvgIpc) is 2.42. The molecule has 0 aliphatic carbocycles. The van der Waals surface area contributed by atoms with Gasteiger partial charge in [0.05, 0.1) is 17.1 Å². The minimum atomic E-state index is -0.853. The number of nitrogens with one attached hydrogen (secondary N) is 1. The Balaban J connectivity index is 2.38. The van der Waals surface area contributed by atoms with Crippen molar-refractivity contribution in [2.24, 2.45) is 0 Å². The van der Waals surface area contributed by atoms with Crippen molar-refractivity contribution in [3.63, 3.8) is 0 Å². The lowest BCUT2D eigenvalue weighted by molar-refractivity contribution is -0.136. The summed E-state index contributed by atoms with van der Waals surface area (Å²) in [5.74, 6) is -0.853. The lowest BCUT2D eigenvalue weighted by Gasteiger charge is -2.15. The zero-order valence-corrected chi connectivity index (χ0v) is 11.9. The quantitative estimate of drug-likeness (QED) is 0.864. The Bertz CT molecular complexity index is 626. The molecule has 0 aromatic heterocycles. The number of hydrogen-bond donors (Lipinski definition) is 2. The number of hydrogen-bond acceptors (Lipinski definition) is 2. The van der Waals surface area contributed by atoms with Gasteiger partial charge in [-0.1, -0.05) is 48.9 Å². The van der Waals surface area contributed by atoms with E-state index in [1.54, 1.807) is 6.07 Å². The van der Waals surface area contributed by atoms with E-state index in [9.17, 15) is 4.79 Å². The first-order valence-corrected chi connectivity index (χ1v) is 6.83. The third-order valence-corrected chi connectivity index (χ3v) is 3.41. The van der Waals surface area contributed by atoms with E-state index in [1.807, 2.05) is 36.4 Å². The molecule has 104 valence electrons. The molecule has 2 N–H and O–H groups in total. The number of para-hydroxylation sites is 2. The van der Waals surface area contributed by atoms with Crippen LogP contribution in [0.1, 0.15) is 18.1 Å². The first kappa shape index (κ1) is 14.4. The van der Waals surface area contributed by atoms with Gasteiger partial charge >= 0.3 is 5.97 Å². The second-order valence-corrected chi connectivity index (χ2v) is 4.89. The van der Waals surface area contributed by atoms with E-state index in [0.717, 1.165) is 28.9 Å². The van der Waals surface area contributed by atoms with Crippen molar-refractivity contribution in [2.75, 3.05) is 5.32 Å². The summed E-state index contributed by atoms with van der Waals surface area (Å²) in [6.45, 7) is 2.06. The molecule has 0 aliphatic heterocycles. The normalized spacial score (nSPS) is 10.3. The Morgan fingerprint density at radius 3 is 2.55 bits per heavy atom. The topological polar surface area (TPSA) is 49.3 Å². The second kappa shape index (κ2) is 6.44. The molecule has 0 aliphatic rings. The van der Waals surface area contributed by atoms with Crippen LogP contribution in [-0.4, -0.2) is 11.1 Å². The summed E-state index contributed by atoms with van der Waals surface area (Å²) in [4.78, 5) is 10.9. The number of anilines is 2. The predicted molar refractivity (Wildman–Crippen MR) is 81.9 cm³/mol. The first-order chi connectivity index (χ1) is 9.61. The predicted octanol–water partition coefficient (Wildman–Crippen LogP) is 4.27. The Labute approximate surface area is 123 Å². The molecule has 0 amide bonds. The molecular formula is C16H16ClNO2. The number of carboxylic acid groups (broad SMARTS) is 1. The number of carboxylic acids is 1. The van der Waals surface area contributed by atoms with E-state index in [0.29, 0.717) is 5.02 Å². The van der Waals surface area contributed by atoms with Crippen LogP contribution >= 0.6 is 11.6 Å². The average molecular weight is 290 g/mol. The fourth-order valence-electron chi connectivity index (χ4n) is 2.10. The van der Waals surface area contributed by atoms with Gasteiger partial charge in [-0.25, -0.2) is 0 Å². The molecule has 2 rings (SSSR count). The SMILES string of the molecule is CCc1cccc(Cl)c1Nc1ccccc1CC(=O)O. The van der Waals surface area contributed by atoms with Crippen LogP contribution in [0.5, 0.6) is 0 Å². The van der Waals surface area contributed by atoms with Crippen molar-refractivity contribution in [2.45, 2.75) is 19.8 Å². The molecule has 0 spiro atoms. The molecule has 0 bridgehead atoms. The van der Waals surface area contributed by atoms with Crippen LogP contribution in [0.2, 0.25) is 5.02 Å². The van der Waals surface area contributed by atoms with E-state index >= 15 is 0 Å². The molecule has 0 atom stereocenters. The van der Waals surface area contributed by atoms with E-state index in [2.05, 4.69) is 12.2 Å². The lowest BCUT2D eigenvalue weighted by Crippen LogP contribution is -2.04. The molecule has 3 nitrogen and oxygen atoms in total. The van der Waals surface area contributed by atoms with Crippen molar-refractivity contribution in [3.8, 4) is 0 Å². The zero-order chi connectivity index (χ0) is 14.5. The highest BCUT2D eigenvalue weighted by molar-refractivity contribution is 6.33. The van der Waals surface area contributed by atoms with Gasteiger partial charge in [0.15, 0.2) is 0 Å². The minimum Gasteiger partial charge on any atom is -0.481 e. The monoisotopic (exact) mass is 289 g/mol. The molecule has 0 unspecified atom stereocenters. The number of aryl methyl sites for hydroxylation is 1. The van der Waals surface area contributed by atoms with Crippen molar-refractivity contribution in [1.29, 1.82) is 0 Å². The van der Waals surface area contributed by atoms with Crippen molar-refractivity contribution >= 4 is 28.9 Å². The number of halogens is 1. The van der Waals surface area contributed by atoms with E-state index in [4.69, 9.17) is 16.7 Å². The van der Waals surface area contributed by atoms with Crippen LogP contribution in [0, 0.1) is 0 Å². The summed E-state index contributed by atoms with van der Waals surface area (Å²) >= 11 is 6.24. The van der Waals surface area contributed by atoms with E-state index in [-0.39, 0.29) is 6.42 Å². The van der Waals surface area contributed by atoms with Crippen molar-refractivity contribution in [1.82, 2.24) is 0 Å². The minimum absolute atomic E-state index is 0.0188. The fourth-order valence-corrected chi connectivity index (χ4v) is 2.34. The maximum absolute atomic E-state index is 10.9. The molecule has 0 saturated heterocycles. The number of benzene rings is 2. The summed E-state index contributed by atoms with van der Waals surface area (Å²) in [5, 5.41) is 12.9. The molecule has 0 radical (unpaired) electrons. The van der Waals surface area contributed by atoms with E-state index < -0.39 is 5.97 Å². The third kappa shape index (κ3) is 3.31. The highest BCUT2D eigenvalue weighted by atomic mass is 35.5. The Hall–Kier alpha value is -2.00. The molecule has 2 aromatic rings. The maximum atomic E-state index is 10.9. The van der Waals surface area contributed by atoms with Crippen LogP contribution < -0.4 is 5.32 Å². The van der Waals surface area contributed by atoms with Gasteiger partial charge in [-0.3, -0.25) is 4.79 Å². The van der Waals surface area contributed by atoms with Gasteiger partial charge in [-0.15, -0.1) is 0 Å². The molecule has 2 aromatic carbocycles. The van der Waals surface area contributed by atoms with Crippen LogP contribution in [-0.2, 0) is 17.6 Å². The molecule has 0 fully saturated rings. The fraction of sp³-hybridized carbons (Fsp3) is 0.188. The number of rotatable bonds is 5. The maximum Gasteiger partial charge on any atom is 0.307 e. The Kier molecular flexibility index (Phi) is 4.64. The van der Waals surface area contributed by atoms with Crippen molar-refractivity contribution < 1.29 is 9.90 Å². The summed E-state index contributed by atoms with van der Waals surface area (Å²) in [6.07, 6.45) is 0.832. The summed E-state index contributed by atoms with van der Waals surface area (Å²) in [6, 6.07) is 13.1. The number of carbonyl (C=O) groups is 1. The summed E-state index contributed by atoms with van der Waals surface area (Å²) < 4.78 is 0. The third-order valence-electron chi connectivity index (χ3n) is 3.10. The van der Waals surface area contributed by atoms with Crippen LogP contribution in [0.25, 0.3) is 0 Å². The van der Waals surface area contributed by atoms with Crippen LogP contribution in [0.3, 0.4) is 0 Å². The van der Waals surface area contributed by atoms with Gasteiger partial charge in [0, 0.05) is 5.69 Å². The molecule has 4 heteroatoms. The van der Waals surface area contributed by atoms with Gasteiger partial charge in [0.25, 0.3) is 0 Å². The van der Waals surface area contributed by atoms with Gasteiger partial charge < -0.3 is 10.4 Å². The van der Waals surface area contributed by atoms with Gasteiger partial charge in [-0.05, 0) is 29.7 Å². The van der Waals surface area contributed by atoms with Gasteiger partial charge in [-0.2, -0.15) is 0 Å². The highest BCUT2D eigenvalue weighted by Crippen LogP contribution is 2.31. The van der Waals surface area contributed by atoms with Gasteiger partial charge in [0.1, 0.15) is 0 Å². The zero-order valence-electron chi connectivity index (χ0n) is 11.2. The molecule has 0 heterocycles. The number of aliphatic carboxylic acids is 1. The lowest BCUT2D eigenvalue weighted by atomic mass is 10.1. The van der Waals surface area contributed by atoms with Crippen LogP contribution in [0.4, 0.5) is 11.4 Å². The molecule has 20 heavy (non-hydrogen) atoms. The standard InChI is InChI=1S/C16H16ClNO2/c1-2-11-7-5-8-13(17)16(11)18-14-9-4-3-6-12(14)10-15(19)20/h3-9,18H,2,10H2,1H3,(H,19,20). The van der Waals surface area contributed by atoms with Crippen molar-refractivity contribution in [3.05, 3.63) is 58.6 Å². The second-order valence-electron chi connectivity index (χ2n) is 4.48. The van der Waals surface area contributed by atoms with Gasteiger partial charge in [0.2, 0.25) is 0 Å². The van der Waals surface area contributed by atoms with E-state index in [1.165, 1.54) is 0 Å². The summed E-state index contributed by atoms with van der Waals surface area (Å²) in [5.41, 5.74) is 3.46. The highest BCUT2D eigenvalue weighted by Gasteiger charge is 2.10. The Morgan fingerprint density at radius 1 is 1.15 bits per heavy atom. The largest absolute Gasteiger partial charge is 0.481 e. The first-order valence-electron chi connectivity index (χ1n) is 6.46. The Morgan fingerprint density at radius 2 is 1.85 bits per heavy atom. The van der Waals surface area contributed by atoms with Crippen LogP contribution in [0.15, 0.2) is 42.5 Å². The smallest absolute Gasteiger partial charge is 0.307 e. The summed E-state index contributed by atoms with van der Waals surface area (Å²) in [7, 11) is 0.